The van der Waals surface area contributed by atoms with Crippen LogP contribution in [0, 0.1) is 0 Å². The first kappa shape index (κ1) is 5.89. The van der Waals surface area contributed by atoms with Crippen molar-refractivity contribution >= 4 is 0 Å². The third kappa shape index (κ3) is 0.549. The molecule has 0 saturated heterocycles. The predicted molar refractivity (Wildman–Crippen MR) is 36.4 cm³/mol. The largest absolute Gasteiger partial charge is 0.385 e. The molecule has 0 heterocycles. The van der Waals surface area contributed by atoms with Crippen molar-refractivity contribution in [2.75, 3.05) is 0 Å². The first-order chi connectivity index (χ1) is 4.80. The Bertz CT molecular complexity index is 230. The van der Waals surface area contributed by atoms with Crippen LogP contribution in [0.15, 0.2) is 24.3 Å². The summed E-state index contributed by atoms with van der Waals surface area (Å²) >= 11 is 0. The SMILES string of the molecule is OC1c2ccccc2C1O. The molecule has 1 aromatic carbocycles. The van der Waals surface area contributed by atoms with E-state index >= 15 is 0 Å². The second-order valence-electron chi connectivity index (χ2n) is 2.52. The Balaban J connectivity index is 2.50. The average molecular weight is 136 g/mol. The van der Waals surface area contributed by atoms with Gasteiger partial charge in [-0.15, -0.1) is 0 Å². The second-order valence-corrected chi connectivity index (χ2v) is 2.52. The Morgan fingerprint density at radius 1 is 0.900 bits per heavy atom. The summed E-state index contributed by atoms with van der Waals surface area (Å²) in [6, 6.07) is 7.36. The minimum absolute atomic E-state index is 0.656. The summed E-state index contributed by atoms with van der Waals surface area (Å²) in [5.74, 6) is 0. The summed E-state index contributed by atoms with van der Waals surface area (Å²) < 4.78 is 0. The van der Waals surface area contributed by atoms with Crippen LogP contribution in [-0.4, -0.2) is 10.2 Å². The van der Waals surface area contributed by atoms with Gasteiger partial charge in [0.1, 0.15) is 12.2 Å². The van der Waals surface area contributed by atoms with Crippen molar-refractivity contribution in [3.63, 3.8) is 0 Å². The van der Waals surface area contributed by atoms with E-state index < -0.39 is 12.2 Å². The molecule has 2 unspecified atom stereocenters. The highest BCUT2D eigenvalue weighted by atomic mass is 16.3. The average Bonchev–Trinajstić information content (AvgIpc) is 2.03. The Morgan fingerprint density at radius 2 is 1.30 bits per heavy atom. The molecule has 0 amide bonds. The molecule has 2 rings (SSSR count). The van der Waals surface area contributed by atoms with Crippen molar-refractivity contribution in [1.82, 2.24) is 0 Å². The van der Waals surface area contributed by atoms with Crippen LogP contribution in [0.3, 0.4) is 0 Å². The third-order valence-corrected chi connectivity index (χ3v) is 1.93. The van der Waals surface area contributed by atoms with Gasteiger partial charge in [0.05, 0.1) is 0 Å². The van der Waals surface area contributed by atoms with E-state index in [0.29, 0.717) is 0 Å². The van der Waals surface area contributed by atoms with Crippen molar-refractivity contribution in [1.29, 1.82) is 0 Å². The van der Waals surface area contributed by atoms with Crippen LogP contribution in [0.1, 0.15) is 23.3 Å². The smallest absolute Gasteiger partial charge is 0.109 e. The predicted octanol–water partition coefficient (Wildman–Crippen LogP) is 0.767. The van der Waals surface area contributed by atoms with Gasteiger partial charge >= 0.3 is 0 Å². The molecule has 1 aromatic rings. The topological polar surface area (TPSA) is 40.5 Å². The van der Waals surface area contributed by atoms with Gasteiger partial charge in [-0.2, -0.15) is 0 Å². The first-order valence-electron chi connectivity index (χ1n) is 3.25. The lowest BCUT2D eigenvalue weighted by atomic mass is 9.83. The molecule has 0 fully saturated rings. The zero-order chi connectivity index (χ0) is 7.14. The van der Waals surface area contributed by atoms with Gasteiger partial charge in [0.25, 0.3) is 0 Å². The van der Waals surface area contributed by atoms with E-state index in [4.69, 9.17) is 10.2 Å². The van der Waals surface area contributed by atoms with Crippen molar-refractivity contribution in [2.45, 2.75) is 12.2 Å². The zero-order valence-electron chi connectivity index (χ0n) is 5.36. The van der Waals surface area contributed by atoms with E-state index in [1.165, 1.54) is 0 Å². The van der Waals surface area contributed by atoms with Gasteiger partial charge in [-0.05, 0) is 11.1 Å². The minimum atomic E-state index is -0.656. The zero-order valence-corrected chi connectivity index (χ0v) is 5.36. The van der Waals surface area contributed by atoms with Gasteiger partial charge in [-0.25, -0.2) is 0 Å². The molecule has 0 aliphatic heterocycles. The minimum Gasteiger partial charge on any atom is -0.385 e. The monoisotopic (exact) mass is 136 g/mol. The molecule has 0 bridgehead atoms. The standard InChI is InChI=1S/C8H8O2/c9-7-5-3-1-2-4-6(5)8(7)10/h1-4,7-10H. The Hall–Kier alpha value is -0.860. The van der Waals surface area contributed by atoms with Crippen LogP contribution in [-0.2, 0) is 0 Å². The summed E-state index contributed by atoms with van der Waals surface area (Å²) in [7, 11) is 0. The van der Waals surface area contributed by atoms with Gasteiger partial charge in [0.2, 0.25) is 0 Å². The van der Waals surface area contributed by atoms with E-state index in [1.54, 1.807) is 0 Å². The fourth-order valence-corrected chi connectivity index (χ4v) is 1.29. The van der Waals surface area contributed by atoms with Crippen molar-refractivity contribution < 1.29 is 10.2 Å². The normalized spacial score (nSPS) is 29.0. The lowest BCUT2D eigenvalue weighted by Gasteiger charge is -2.31. The van der Waals surface area contributed by atoms with Gasteiger partial charge in [-0.3, -0.25) is 0 Å². The molecule has 1 aliphatic rings. The van der Waals surface area contributed by atoms with Crippen LogP contribution in [0.5, 0.6) is 0 Å². The molecule has 2 atom stereocenters. The summed E-state index contributed by atoms with van der Waals surface area (Å²) in [6.45, 7) is 0. The Labute approximate surface area is 58.7 Å². The van der Waals surface area contributed by atoms with E-state index in [1.807, 2.05) is 24.3 Å². The maximum atomic E-state index is 9.12. The fraction of sp³-hybridized carbons (Fsp3) is 0.250. The van der Waals surface area contributed by atoms with Gasteiger partial charge in [0, 0.05) is 0 Å². The Morgan fingerprint density at radius 3 is 1.70 bits per heavy atom. The quantitative estimate of drug-likeness (QED) is 0.553. The highest BCUT2D eigenvalue weighted by Gasteiger charge is 2.33. The molecular weight excluding hydrogens is 128 g/mol. The molecule has 0 saturated carbocycles. The summed E-state index contributed by atoms with van der Waals surface area (Å²) in [6.07, 6.45) is -1.31. The molecule has 0 aromatic heterocycles. The van der Waals surface area contributed by atoms with E-state index in [9.17, 15) is 0 Å². The van der Waals surface area contributed by atoms with E-state index in [-0.39, 0.29) is 0 Å². The molecule has 2 nitrogen and oxygen atoms in total. The van der Waals surface area contributed by atoms with Gasteiger partial charge < -0.3 is 10.2 Å². The van der Waals surface area contributed by atoms with Crippen LogP contribution < -0.4 is 0 Å². The van der Waals surface area contributed by atoms with E-state index in [2.05, 4.69) is 0 Å². The maximum Gasteiger partial charge on any atom is 0.109 e. The molecule has 0 spiro atoms. The molecule has 1 aliphatic carbocycles. The van der Waals surface area contributed by atoms with Crippen molar-refractivity contribution in [2.24, 2.45) is 0 Å². The number of aliphatic hydroxyl groups excluding tert-OH is 2. The van der Waals surface area contributed by atoms with Gasteiger partial charge in [-0.1, -0.05) is 24.3 Å². The summed E-state index contributed by atoms with van der Waals surface area (Å²) in [5.41, 5.74) is 1.71. The van der Waals surface area contributed by atoms with Crippen LogP contribution in [0.25, 0.3) is 0 Å². The fourth-order valence-electron chi connectivity index (χ4n) is 1.29. The third-order valence-electron chi connectivity index (χ3n) is 1.93. The first-order valence-corrected chi connectivity index (χ1v) is 3.25. The van der Waals surface area contributed by atoms with Crippen molar-refractivity contribution in [3.8, 4) is 0 Å². The van der Waals surface area contributed by atoms with Crippen molar-refractivity contribution in [3.05, 3.63) is 35.4 Å². The molecular formula is C8H8O2. The number of fused-ring (bicyclic) bond motifs is 1. The number of hydrogen-bond acceptors (Lipinski definition) is 2. The van der Waals surface area contributed by atoms with Gasteiger partial charge in [0.15, 0.2) is 0 Å². The van der Waals surface area contributed by atoms with E-state index in [0.717, 1.165) is 11.1 Å². The molecule has 52 valence electrons. The molecule has 2 N–H and O–H groups in total. The van der Waals surface area contributed by atoms with Crippen LogP contribution in [0.2, 0.25) is 0 Å². The number of rotatable bonds is 0. The molecule has 0 radical (unpaired) electrons. The maximum absolute atomic E-state index is 9.12. The highest BCUT2D eigenvalue weighted by molar-refractivity contribution is 5.40. The van der Waals surface area contributed by atoms with Crippen LogP contribution in [0.4, 0.5) is 0 Å². The summed E-state index contributed by atoms with van der Waals surface area (Å²) in [4.78, 5) is 0. The highest BCUT2D eigenvalue weighted by Crippen LogP contribution is 2.42. The number of hydrogen-bond donors (Lipinski definition) is 2. The summed E-state index contributed by atoms with van der Waals surface area (Å²) in [5, 5.41) is 18.2. The lowest BCUT2D eigenvalue weighted by Crippen LogP contribution is -2.22. The molecule has 2 heteroatoms. The van der Waals surface area contributed by atoms with Crippen LogP contribution >= 0.6 is 0 Å². The second kappa shape index (κ2) is 1.81. The Kier molecular flexibility index (Phi) is 1.07. The lowest BCUT2D eigenvalue weighted by molar-refractivity contribution is -0.0129. The number of benzene rings is 1. The molecule has 10 heavy (non-hydrogen) atoms. The number of aliphatic hydroxyl groups is 2.